The quantitative estimate of drug-likeness (QED) is 0.561. The molecule has 1 unspecified atom stereocenters. The summed E-state index contributed by atoms with van der Waals surface area (Å²) < 4.78 is 10.8. The van der Waals surface area contributed by atoms with Gasteiger partial charge in [0.1, 0.15) is 6.04 Å². The third-order valence-electron chi connectivity index (χ3n) is 4.00. The molecule has 1 heterocycles. The van der Waals surface area contributed by atoms with Crippen molar-refractivity contribution < 1.29 is 13.9 Å². The number of urea groups is 1. The van der Waals surface area contributed by atoms with E-state index in [0.717, 1.165) is 17.5 Å². The van der Waals surface area contributed by atoms with Crippen LogP contribution in [0.5, 0.6) is 0 Å². The number of nitrogens with zero attached hydrogens (tertiary/aromatic N) is 2. The number of carbonyl (C=O) groups excluding carboxylic acids is 1. The highest BCUT2D eigenvalue weighted by atomic mass is 35.5. The van der Waals surface area contributed by atoms with Gasteiger partial charge in [-0.3, -0.25) is 0 Å². The molecule has 146 valence electrons. The molecule has 3 rings (SSSR count). The number of halogens is 1. The van der Waals surface area contributed by atoms with E-state index in [-0.39, 0.29) is 6.03 Å². The Balaban J connectivity index is 1.78. The van der Waals surface area contributed by atoms with Gasteiger partial charge >= 0.3 is 6.03 Å². The Morgan fingerprint density at radius 1 is 1.14 bits per heavy atom. The van der Waals surface area contributed by atoms with Crippen LogP contribution in [0.1, 0.15) is 23.9 Å². The third-order valence-corrected chi connectivity index (χ3v) is 4.25. The highest BCUT2D eigenvalue weighted by Crippen LogP contribution is 2.25. The Morgan fingerprint density at radius 3 is 2.61 bits per heavy atom. The van der Waals surface area contributed by atoms with E-state index in [4.69, 9.17) is 20.8 Å². The lowest BCUT2D eigenvalue weighted by molar-refractivity contribution is 0.193. The molecule has 2 amide bonds. The number of carbonyl (C=O) groups is 1. The number of methoxy groups -OCH3 is 1. The molecule has 0 aliphatic heterocycles. The van der Waals surface area contributed by atoms with E-state index in [2.05, 4.69) is 20.8 Å². The maximum Gasteiger partial charge on any atom is 0.315 e. The van der Waals surface area contributed by atoms with Gasteiger partial charge in [-0.05, 0) is 36.2 Å². The Labute approximate surface area is 168 Å². The normalized spacial score (nSPS) is 11.8. The largest absolute Gasteiger partial charge is 0.418 e. The summed E-state index contributed by atoms with van der Waals surface area (Å²) in [6.07, 6.45) is 0.723. The van der Waals surface area contributed by atoms with Crippen molar-refractivity contribution in [3.8, 4) is 11.5 Å². The van der Waals surface area contributed by atoms with Gasteiger partial charge in [0.25, 0.3) is 0 Å². The monoisotopic (exact) mass is 400 g/mol. The zero-order chi connectivity index (χ0) is 19.8. The lowest BCUT2D eigenvalue weighted by Crippen LogP contribution is -2.39. The molecule has 0 spiro atoms. The fourth-order valence-corrected chi connectivity index (χ4v) is 2.72. The Kier molecular flexibility index (Phi) is 7.00. The maximum absolute atomic E-state index is 12.3. The van der Waals surface area contributed by atoms with Crippen LogP contribution in [0.2, 0.25) is 5.02 Å². The molecule has 2 aromatic carbocycles. The second-order valence-electron chi connectivity index (χ2n) is 6.04. The smallest absolute Gasteiger partial charge is 0.315 e. The van der Waals surface area contributed by atoms with Gasteiger partial charge in [0, 0.05) is 30.8 Å². The van der Waals surface area contributed by atoms with Gasteiger partial charge in [0.15, 0.2) is 0 Å². The molecule has 3 aromatic rings. The van der Waals surface area contributed by atoms with E-state index >= 15 is 0 Å². The second-order valence-corrected chi connectivity index (χ2v) is 6.48. The number of rotatable bonds is 8. The van der Waals surface area contributed by atoms with Crippen LogP contribution in [0.4, 0.5) is 4.79 Å². The summed E-state index contributed by atoms with van der Waals surface area (Å²) in [5.41, 5.74) is 1.58. The highest BCUT2D eigenvalue weighted by molar-refractivity contribution is 6.30. The summed E-state index contributed by atoms with van der Waals surface area (Å²) in [5, 5.41) is 14.6. The standard InChI is InChI=1S/C20H21ClN4O3/c1-27-13-5-12-22-20(26)23-17(14-6-3-2-4-7-14)19-25-24-18(28-19)15-8-10-16(21)11-9-15/h2-4,6-11,17H,5,12-13H2,1H3,(H2,22,23,26). The molecule has 28 heavy (non-hydrogen) atoms. The van der Waals surface area contributed by atoms with Crippen molar-refractivity contribution in [2.75, 3.05) is 20.3 Å². The van der Waals surface area contributed by atoms with Crippen LogP contribution in [-0.4, -0.2) is 36.5 Å². The first kappa shape index (κ1) is 19.9. The average molecular weight is 401 g/mol. The summed E-state index contributed by atoms with van der Waals surface area (Å²) in [4.78, 5) is 12.3. The van der Waals surface area contributed by atoms with Crippen molar-refractivity contribution in [2.45, 2.75) is 12.5 Å². The third kappa shape index (κ3) is 5.31. The number of ether oxygens (including phenoxy) is 1. The molecule has 2 N–H and O–H groups in total. The van der Waals surface area contributed by atoms with Gasteiger partial charge in [0.05, 0.1) is 0 Å². The topological polar surface area (TPSA) is 89.3 Å². The average Bonchev–Trinajstić information content (AvgIpc) is 3.20. The number of hydrogen-bond acceptors (Lipinski definition) is 5. The number of aromatic nitrogens is 2. The van der Waals surface area contributed by atoms with Gasteiger partial charge in [-0.1, -0.05) is 41.9 Å². The van der Waals surface area contributed by atoms with Gasteiger partial charge in [-0.15, -0.1) is 10.2 Å². The fraction of sp³-hybridized carbons (Fsp3) is 0.250. The fourth-order valence-electron chi connectivity index (χ4n) is 2.59. The molecule has 0 bridgehead atoms. The van der Waals surface area contributed by atoms with Crippen LogP contribution in [-0.2, 0) is 4.74 Å². The molecule has 0 saturated heterocycles. The molecular formula is C20H21ClN4O3. The molecule has 0 radical (unpaired) electrons. The van der Waals surface area contributed by atoms with Gasteiger partial charge in [0.2, 0.25) is 11.8 Å². The van der Waals surface area contributed by atoms with E-state index in [9.17, 15) is 4.79 Å². The summed E-state index contributed by atoms with van der Waals surface area (Å²) in [5.74, 6) is 0.651. The minimum atomic E-state index is -0.572. The number of nitrogens with one attached hydrogen (secondary N) is 2. The van der Waals surface area contributed by atoms with Crippen LogP contribution in [0.15, 0.2) is 59.0 Å². The SMILES string of the molecule is COCCCNC(=O)NC(c1ccccc1)c1nnc(-c2ccc(Cl)cc2)o1. The molecule has 0 aliphatic carbocycles. The Bertz CT molecular complexity index is 884. The zero-order valence-electron chi connectivity index (χ0n) is 15.4. The summed E-state index contributed by atoms with van der Waals surface area (Å²) in [7, 11) is 1.62. The van der Waals surface area contributed by atoms with Crippen LogP contribution >= 0.6 is 11.6 Å². The van der Waals surface area contributed by atoms with E-state index in [1.807, 2.05) is 30.3 Å². The minimum absolute atomic E-state index is 0.295. The van der Waals surface area contributed by atoms with Crippen LogP contribution in [0.3, 0.4) is 0 Å². The highest BCUT2D eigenvalue weighted by Gasteiger charge is 2.23. The predicted molar refractivity (Wildman–Crippen MR) is 106 cm³/mol. The number of amides is 2. The van der Waals surface area contributed by atoms with Crippen molar-refractivity contribution in [1.29, 1.82) is 0 Å². The molecule has 7 nitrogen and oxygen atoms in total. The van der Waals surface area contributed by atoms with Crippen molar-refractivity contribution in [3.05, 3.63) is 71.1 Å². The lowest BCUT2D eigenvalue weighted by Gasteiger charge is -2.16. The van der Waals surface area contributed by atoms with Crippen molar-refractivity contribution >= 4 is 17.6 Å². The first-order chi connectivity index (χ1) is 13.7. The molecule has 1 aromatic heterocycles. The van der Waals surface area contributed by atoms with Crippen molar-refractivity contribution in [3.63, 3.8) is 0 Å². The molecular weight excluding hydrogens is 380 g/mol. The van der Waals surface area contributed by atoms with Crippen molar-refractivity contribution in [2.24, 2.45) is 0 Å². The van der Waals surface area contributed by atoms with Crippen LogP contribution < -0.4 is 10.6 Å². The summed E-state index contributed by atoms with van der Waals surface area (Å²) in [6, 6.07) is 15.7. The van der Waals surface area contributed by atoms with Crippen LogP contribution in [0.25, 0.3) is 11.5 Å². The molecule has 0 fully saturated rings. The number of hydrogen-bond donors (Lipinski definition) is 2. The maximum atomic E-state index is 12.3. The summed E-state index contributed by atoms with van der Waals surface area (Å²) in [6.45, 7) is 1.08. The molecule has 0 aliphatic rings. The predicted octanol–water partition coefficient (Wildman–Crippen LogP) is 3.82. The Morgan fingerprint density at radius 2 is 1.89 bits per heavy atom. The van der Waals surface area contributed by atoms with E-state index in [1.54, 1.807) is 31.4 Å². The minimum Gasteiger partial charge on any atom is -0.418 e. The first-order valence-corrected chi connectivity index (χ1v) is 9.23. The van der Waals surface area contributed by atoms with Crippen molar-refractivity contribution in [1.82, 2.24) is 20.8 Å². The Hall–Kier alpha value is -2.90. The van der Waals surface area contributed by atoms with E-state index in [1.165, 1.54) is 0 Å². The van der Waals surface area contributed by atoms with E-state index in [0.29, 0.717) is 30.0 Å². The molecule has 0 saturated carbocycles. The zero-order valence-corrected chi connectivity index (χ0v) is 16.1. The van der Waals surface area contributed by atoms with Crippen LogP contribution in [0, 0.1) is 0 Å². The van der Waals surface area contributed by atoms with E-state index < -0.39 is 6.04 Å². The molecule has 8 heteroatoms. The first-order valence-electron chi connectivity index (χ1n) is 8.85. The van der Waals surface area contributed by atoms with Gasteiger partial charge in [-0.2, -0.15) is 0 Å². The number of benzene rings is 2. The molecule has 1 atom stereocenters. The van der Waals surface area contributed by atoms with Gasteiger partial charge < -0.3 is 19.8 Å². The van der Waals surface area contributed by atoms with Gasteiger partial charge in [-0.25, -0.2) is 4.79 Å². The second kappa shape index (κ2) is 9.87. The lowest BCUT2D eigenvalue weighted by atomic mass is 10.1. The summed E-state index contributed by atoms with van der Waals surface area (Å²) >= 11 is 5.92.